The Morgan fingerprint density at radius 3 is 2.57 bits per heavy atom. The Bertz CT molecular complexity index is 240. The summed E-state index contributed by atoms with van der Waals surface area (Å²) >= 11 is 0. The van der Waals surface area contributed by atoms with Gasteiger partial charge in [0.05, 0.1) is 12.0 Å². The molecule has 3 atom stereocenters. The smallest absolute Gasteiger partial charge is 0.306 e. The lowest BCUT2D eigenvalue weighted by Gasteiger charge is -2.13. The van der Waals surface area contributed by atoms with Crippen molar-refractivity contribution in [2.24, 2.45) is 11.7 Å². The molecule has 4 N–H and O–H groups in total. The van der Waals surface area contributed by atoms with E-state index in [1.807, 2.05) is 0 Å². The SMILES string of the molecule is C[C@@H](N)C(=O)N[C@@H]1CC[C@H](C(=O)O)C1. The van der Waals surface area contributed by atoms with E-state index >= 15 is 0 Å². The number of rotatable bonds is 3. The van der Waals surface area contributed by atoms with Crippen molar-refractivity contribution in [1.82, 2.24) is 5.32 Å². The topological polar surface area (TPSA) is 92.4 Å². The number of aliphatic carboxylic acids is 1. The van der Waals surface area contributed by atoms with Gasteiger partial charge in [-0.25, -0.2) is 0 Å². The van der Waals surface area contributed by atoms with E-state index in [-0.39, 0.29) is 17.9 Å². The Morgan fingerprint density at radius 1 is 1.50 bits per heavy atom. The zero-order chi connectivity index (χ0) is 10.7. The van der Waals surface area contributed by atoms with Crippen LogP contribution in [0.1, 0.15) is 26.2 Å². The highest BCUT2D eigenvalue weighted by atomic mass is 16.4. The van der Waals surface area contributed by atoms with Crippen LogP contribution in [0.15, 0.2) is 0 Å². The molecule has 0 unspecified atom stereocenters. The first-order valence-corrected chi connectivity index (χ1v) is 4.79. The summed E-state index contributed by atoms with van der Waals surface area (Å²) in [4.78, 5) is 21.8. The lowest BCUT2D eigenvalue weighted by molar-refractivity contribution is -0.141. The minimum atomic E-state index is -0.775. The van der Waals surface area contributed by atoms with Gasteiger partial charge in [-0.1, -0.05) is 0 Å². The summed E-state index contributed by atoms with van der Waals surface area (Å²) in [5, 5.41) is 11.5. The third-order valence-corrected chi connectivity index (χ3v) is 2.54. The Kier molecular flexibility index (Phi) is 3.46. The van der Waals surface area contributed by atoms with Gasteiger partial charge in [0.15, 0.2) is 0 Å². The van der Waals surface area contributed by atoms with Crippen molar-refractivity contribution >= 4 is 11.9 Å². The summed E-state index contributed by atoms with van der Waals surface area (Å²) in [6.45, 7) is 1.61. The number of nitrogens with one attached hydrogen (secondary N) is 1. The van der Waals surface area contributed by atoms with Crippen LogP contribution >= 0.6 is 0 Å². The van der Waals surface area contributed by atoms with Gasteiger partial charge in [-0.15, -0.1) is 0 Å². The van der Waals surface area contributed by atoms with Gasteiger partial charge in [-0.2, -0.15) is 0 Å². The number of amides is 1. The van der Waals surface area contributed by atoms with Crippen molar-refractivity contribution < 1.29 is 14.7 Å². The fraction of sp³-hybridized carbons (Fsp3) is 0.778. The van der Waals surface area contributed by atoms with E-state index in [4.69, 9.17) is 10.8 Å². The van der Waals surface area contributed by atoms with Gasteiger partial charge in [-0.05, 0) is 26.2 Å². The largest absolute Gasteiger partial charge is 0.481 e. The van der Waals surface area contributed by atoms with E-state index in [0.717, 1.165) is 6.42 Å². The maximum atomic E-state index is 11.2. The summed E-state index contributed by atoms with van der Waals surface area (Å²) in [5.74, 6) is -1.29. The van der Waals surface area contributed by atoms with E-state index in [1.54, 1.807) is 6.92 Å². The van der Waals surface area contributed by atoms with Crippen LogP contribution in [-0.4, -0.2) is 29.1 Å². The van der Waals surface area contributed by atoms with Crippen molar-refractivity contribution in [1.29, 1.82) is 0 Å². The number of carbonyl (C=O) groups is 2. The van der Waals surface area contributed by atoms with Gasteiger partial charge in [0.2, 0.25) is 5.91 Å². The van der Waals surface area contributed by atoms with E-state index in [1.165, 1.54) is 0 Å². The van der Waals surface area contributed by atoms with Crippen LogP contribution in [0.25, 0.3) is 0 Å². The Hall–Kier alpha value is -1.10. The number of carbonyl (C=O) groups excluding carboxylic acids is 1. The number of hydrogen-bond acceptors (Lipinski definition) is 3. The summed E-state index contributed by atoms with van der Waals surface area (Å²) in [6.07, 6.45) is 1.89. The van der Waals surface area contributed by atoms with E-state index < -0.39 is 12.0 Å². The Morgan fingerprint density at radius 2 is 2.14 bits per heavy atom. The third kappa shape index (κ3) is 2.70. The minimum Gasteiger partial charge on any atom is -0.481 e. The van der Waals surface area contributed by atoms with E-state index in [2.05, 4.69) is 5.32 Å². The minimum absolute atomic E-state index is 0.0189. The van der Waals surface area contributed by atoms with Crippen LogP contribution in [0.3, 0.4) is 0 Å². The molecule has 0 aromatic rings. The molecule has 0 aromatic heterocycles. The van der Waals surface area contributed by atoms with Crippen molar-refractivity contribution in [3.05, 3.63) is 0 Å². The molecule has 5 heteroatoms. The molecular weight excluding hydrogens is 184 g/mol. The first-order valence-electron chi connectivity index (χ1n) is 4.79. The number of hydrogen-bond donors (Lipinski definition) is 3. The van der Waals surface area contributed by atoms with Crippen molar-refractivity contribution in [3.63, 3.8) is 0 Å². The van der Waals surface area contributed by atoms with E-state index in [0.29, 0.717) is 12.8 Å². The highest BCUT2D eigenvalue weighted by molar-refractivity contribution is 5.81. The summed E-state index contributed by atoms with van der Waals surface area (Å²) in [7, 11) is 0. The highest BCUT2D eigenvalue weighted by Gasteiger charge is 2.30. The summed E-state index contributed by atoms with van der Waals surface area (Å²) in [6, 6.07) is -0.548. The van der Waals surface area contributed by atoms with Gasteiger partial charge in [0.1, 0.15) is 0 Å². The molecule has 5 nitrogen and oxygen atoms in total. The molecule has 0 saturated heterocycles. The first-order chi connectivity index (χ1) is 6.50. The molecule has 0 aliphatic heterocycles. The molecule has 1 aliphatic carbocycles. The number of carboxylic acid groups (broad SMARTS) is 1. The van der Waals surface area contributed by atoms with Crippen molar-refractivity contribution in [2.45, 2.75) is 38.3 Å². The fourth-order valence-corrected chi connectivity index (χ4v) is 1.67. The van der Waals surface area contributed by atoms with Crippen molar-refractivity contribution in [2.75, 3.05) is 0 Å². The molecule has 0 bridgehead atoms. The second-order valence-electron chi connectivity index (χ2n) is 3.84. The molecule has 1 amide bonds. The molecule has 14 heavy (non-hydrogen) atoms. The molecule has 1 saturated carbocycles. The lowest BCUT2D eigenvalue weighted by Crippen LogP contribution is -2.43. The Labute approximate surface area is 82.7 Å². The molecule has 80 valence electrons. The molecule has 0 aromatic carbocycles. The second-order valence-corrected chi connectivity index (χ2v) is 3.84. The van der Waals surface area contributed by atoms with Gasteiger partial charge < -0.3 is 16.2 Å². The molecule has 0 spiro atoms. The van der Waals surface area contributed by atoms with Gasteiger partial charge in [-0.3, -0.25) is 9.59 Å². The molecule has 1 rings (SSSR count). The van der Waals surface area contributed by atoms with Crippen LogP contribution in [0.2, 0.25) is 0 Å². The molecule has 0 radical (unpaired) electrons. The monoisotopic (exact) mass is 200 g/mol. The van der Waals surface area contributed by atoms with Crippen molar-refractivity contribution in [3.8, 4) is 0 Å². The average Bonchev–Trinajstić information content (AvgIpc) is 2.52. The maximum absolute atomic E-state index is 11.2. The van der Waals surface area contributed by atoms with E-state index in [9.17, 15) is 9.59 Å². The van der Waals surface area contributed by atoms with Crippen LogP contribution in [0, 0.1) is 5.92 Å². The highest BCUT2D eigenvalue weighted by Crippen LogP contribution is 2.25. The van der Waals surface area contributed by atoms with Crippen LogP contribution in [0.5, 0.6) is 0 Å². The summed E-state index contributed by atoms with van der Waals surface area (Å²) < 4.78 is 0. The average molecular weight is 200 g/mol. The zero-order valence-corrected chi connectivity index (χ0v) is 8.19. The predicted octanol–water partition coefficient (Wildman–Crippen LogP) is -0.297. The fourth-order valence-electron chi connectivity index (χ4n) is 1.67. The predicted molar refractivity (Wildman–Crippen MR) is 50.6 cm³/mol. The number of nitrogens with two attached hydrogens (primary N) is 1. The normalized spacial score (nSPS) is 28.4. The quantitative estimate of drug-likeness (QED) is 0.583. The zero-order valence-electron chi connectivity index (χ0n) is 8.19. The maximum Gasteiger partial charge on any atom is 0.306 e. The van der Waals surface area contributed by atoms with Crippen LogP contribution in [-0.2, 0) is 9.59 Å². The van der Waals surface area contributed by atoms with Gasteiger partial charge >= 0.3 is 5.97 Å². The number of carboxylic acids is 1. The lowest BCUT2D eigenvalue weighted by atomic mass is 10.1. The second kappa shape index (κ2) is 4.41. The molecular formula is C9H16N2O3. The Balaban J connectivity index is 2.36. The van der Waals surface area contributed by atoms with Crippen LogP contribution < -0.4 is 11.1 Å². The van der Waals surface area contributed by atoms with Gasteiger partial charge in [0.25, 0.3) is 0 Å². The summed E-state index contributed by atoms with van der Waals surface area (Å²) in [5.41, 5.74) is 5.38. The van der Waals surface area contributed by atoms with Gasteiger partial charge in [0, 0.05) is 6.04 Å². The molecule has 1 aliphatic rings. The standard InChI is InChI=1S/C9H16N2O3/c1-5(10)8(12)11-7-3-2-6(4-7)9(13)14/h5-7H,2-4,10H2,1H3,(H,11,12)(H,13,14)/t5-,6+,7-/m1/s1. The molecule has 0 heterocycles. The first kappa shape index (κ1) is 11.0. The van der Waals surface area contributed by atoms with Crippen LogP contribution in [0.4, 0.5) is 0 Å². The third-order valence-electron chi connectivity index (χ3n) is 2.54. The molecule has 1 fully saturated rings.